The van der Waals surface area contributed by atoms with Crippen LogP contribution < -0.4 is 5.32 Å². The minimum Gasteiger partial charge on any atom is -0.381 e. The molecule has 0 spiro atoms. The Hall–Kier alpha value is -0.990. The Labute approximate surface area is 127 Å². The first-order chi connectivity index (χ1) is 9.11. The normalized spacial score (nSPS) is 17.3. The summed E-state index contributed by atoms with van der Waals surface area (Å²) in [5.74, 6) is 0. The van der Waals surface area contributed by atoms with Crippen LogP contribution in [0.4, 0.5) is 5.69 Å². The van der Waals surface area contributed by atoms with Gasteiger partial charge >= 0.3 is 0 Å². The maximum atomic E-state index is 6.05. The van der Waals surface area contributed by atoms with E-state index in [2.05, 4.69) is 58.5 Å². The number of fused-ring (bicyclic) bond motifs is 1. The summed E-state index contributed by atoms with van der Waals surface area (Å²) in [4.78, 5) is 0. The fourth-order valence-corrected chi connectivity index (χ4v) is 3.21. The first kappa shape index (κ1) is 13.0. The zero-order chi connectivity index (χ0) is 13.4. The van der Waals surface area contributed by atoms with E-state index in [0.717, 1.165) is 22.3 Å². The van der Waals surface area contributed by atoms with Crippen molar-refractivity contribution in [2.75, 3.05) is 5.32 Å². The number of nitrogens with one attached hydrogen (secondary N) is 1. The Morgan fingerprint density at radius 2 is 1.89 bits per heavy atom. The minimum absolute atomic E-state index is 0.460. The third-order valence-electron chi connectivity index (χ3n) is 3.66. The first-order valence-corrected chi connectivity index (χ1v) is 7.59. The van der Waals surface area contributed by atoms with E-state index in [1.54, 1.807) is 0 Å². The number of halogens is 2. The Kier molecular flexibility index (Phi) is 3.55. The van der Waals surface area contributed by atoms with Crippen molar-refractivity contribution < 1.29 is 0 Å². The van der Waals surface area contributed by atoms with E-state index in [4.69, 9.17) is 11.6 Å². The summed E-state index contributed by atoms with van der Waals surface area (Å²) >= 11 is 9.58. The van der Waals surface area contributed by atoms with Crippen LogP contribution >= 0.6 is 27.5 Å². The molecule has 2 aromatic rings. The molecule has 0 heterocycles. The molecular weight excluding hydrogens is 322 g/mol. The molecule has 1 N–H and O–H groups in total. The molecule has 2 aromatic carbocycles. The molecule has 19 heavy (non-hydrogen) atoms. The molecule has 3 heteroatoms. The van der Waals surface area contributed by atoms with Crippen molar-refractivity contribution in [2.45, 2.75) is 25.8 Å². The highest BCUT2D eigenvalue weighted by Crippen LogP contribution is 2.29. The van der Waals surface area contributed by atoms with Crippen molar-refractivity contribution in [2.24, 2.45) is 0 Å². The maximum absolute atomic E-state index is 6.05. The van der Waals surface area contributed by atoms with Crippen LogP contribution in [0.5, 0.6) is 0 Å². The second-order valence-corrected chi connectivity index (χ2v) is 6.47. The lowest BCUT2D eigenvalue weighted by Crippen LogP contribution is -2.20. The fraction of sp³-hybridized carbons (Fsp3) is 0.250. The zero-order valence-corrected chi connectivity index (χ0v) is 13.1. The summed E-state index contributed by atoms with van der Waals surface area (Å²) in [6.07, 6.45) is 2.11. The summed E-state index contributed by atoms with van der Waals surface area (Å²) in [5, 5.41) is 4.47. The number of benzene rings is 2. The van der Waals surface area contributed by atoms with E-state index in [1.165, 1.54) is 22.4 Å². The summed E-state index contributed by atoms with van der Waals surface area (Å²) in [6.45, 7) is 2.13. The van der Waals surface area contributed by atoms with Crippen LogP contribution in [0, 0.1) is 6.92 Å². The topological polar surface area (TPSA) is 12.0 Å². The summed E-state index contributed by atoms with van der Waals surface area (Å²) < 4.78 is 1.11. The average molecular weight is 337 g/mol. The standard InChI is InChI=1S/C16H15BrClN/c1-10-2-4-13(17)9-16(10)19-15-7-11-3-5-14(18)6-12(11)8-15/h2-6,9,15,19H,7-8H2,1H3. The first-order valence-electron chi connectivity index (χ1n) is 6.42. The number of hydrogen-bond donors (Lipinski definition) is 1. The van der Waals surface area contributed by atoms with E-state index >= 15 is 0 Å². The van der Waals surface area contributed by atoms with Gasteiger partial charge in [0.1, 0.15) is 0 Å². The van der Waals surface area contributed by atoms with Gasteiger partial charge in [0.2, 0.25) is 0 Å². The van der Waals surface area contributed by atoms with Crippen LogP contribution in [-0.2, 0) is 12.8 Å². The van der Waals surface area contributed by atoms with Gasteiger partial charge < -0.3 is 5.32 Å². The minimum atomic E-state index is 0.460. The maximum Gasteiger partial charge on any atom is 0.0408 e. The number of anilines is 1. The van der Waals surface area contributed by atoms with Crippen LogP contribution in [0.3, 0.4) is 0 Å². The highest BCUT2D eigenvalue weighted by molar-refractivity contribution is 9.10. The van der Waals surface area contributed by atoms with Crippen molar-refractivity contribution >= 4 is 33.2 Å². The van der Waals surface area contributed by atoms with Gasteiger partial charge in [-0.25, -0.2) is 0 Å². The molecule has 0 aliphatic heterocycles. The summed E-state index contributed by atoms with van der Waals surface area (Å²) in [6, 6.07) is 13.0. The molecule has 1 atom stereocenters. The molecule has 98 valence electrons. The van der Waals surface area contributed by atoms with Crippen molar-refractivity contribution in [1.29, 1.82) is 0 Å². The molecule has 0 fully saturated rings. The predicted octanol–water partition coefficient (Wildman–Crippen LogP) is 4.99. The summed E-state index contributed by atoms with van der Waals surface area (Å²) in [5.41, 5.74) is 5.27. The molecule has 0 bridgehead atoms. The van der Waals surface area contributed by atoms with Crippen molar-refractivity contribution in [1.82, 2.24) is 0 Å². The van der Waals surface area contributed by atoms with E-state index in [9.17, 15) is 0 Å². The van der Waals surface area contributed by atoms with Gasteiger partial charge in [-0.3, -0.25) is 0 Å². The molecule has 0 radical (unpaired) electrons. The lowest BCUT2D eigenvalue weighted by atomic mass is 10.1. The van der Waals surface area contributed by atoms with Crippen molar-refractivity contribution in [3.05, 3.63) is 62.6 Å². The van der Waals surface area contributed by atoms with Gasteiger partial charge in [0.05, 0.1) is 0 Å². The molecule has 1 aliphatic rings. The molecule has 1 aliphatic carbocycles. The van der Waals surface area contributed by atoms with Gasteiger partial charge in [-0.15, -0.1) is 0 Å². The van der Waals surface area contributed by atoms with Gasteiger partial charge in [-0.1, -0.05) is 39.7 Å². The largest absolute Gasteiger partial charge is 0.381 e. The van der Waals surface area contributed by atoms with Crippen LogP contribution in [0.1, 0.15) is 16.7 Å². The zero-order valence-electron chi connectivity index (χ0n) is 10.7. The highest BCUT2D eigenvalue weighted by Gasteiger charge is 2.21. The lowest BCUT2D eigenvalue weighted by molar-refractivity contribution is 0.773. The van der Waals surface area contributed by atoms with Crippen LogP contribution in [0.2, 0.25) is 5.02 Å². The quantitative estimate of drug-likeness (QED) is 0.814. The molecule has 1 unspecified atom stereocenters. The second-order valence-electron chi connectivity index (χ2n) is 5.12. The fourth-order valence-electron chi connectivity index (χ4n) is 2.66. The van der Waals surface area contributed by atoms with Gasteiger partial charge in [0.25, 0.3) is 0 Å². The van der Waals surface area contributed by atoms with Crippen molar-refractivity contribution in [3.8, 4) is 0 Å². The smallest absolute Gasteiger partial charge is 0.0408 e. The average Bonchev–Trinajstić information content (AvgIpc) is 2.75. The second kappa shape index (κ2) is 5.18. The molecule has 0 amide bonds. The molecule has 0 saturated carbocycles. The Bertz CT molecular complexity index is 624. The van der Waals surface area contributed by atoms with E-state index < -0.39 is 0 Å². The third-order valence-corrected chi connectivity index (χ3v) is 4.39. The van der Waals surface area contributed by atoms with Crippen LogP contribution in [0.15, 0.2) is 40.9 Å². The Morgan fingerprint density at radius 3 is 2.74 bits per heavy atom. The van der Waals surface area contributed by atoms with Crippen molar-refractivity contribution in [3.63, 3.8) is 0 Å². The lowest BCUT2D eigenvalue weighted by Gasteiger charge is -2.16. The van der Waals surface area contributed by atoms with Gasteiger partial charge in [0, 0.05) is 21.2 Å². The molecule has 0 aromatic heterocycles. The van der Waals surface area contributed by atoms with Gasteiger partial charge in [-0.05, 0) is 60.7 Å². The Balaban J connectivity index is 1.78. The van der Waals surface area contributed by atoms with Gasteiger partial charge in [0.15, 0.2) is 0 Å². The van der Waals surface area contributed by atoms with Crippen LogP contribution in [0.25, 0.3) is 0 Å². The molecule has 3 rings (SSSR count). The van der Waals surface area contributed by atoms with E-state index in [1.807, 2.05) is 6.07 Å². The molecule has 0 saturated heterocycles. The SMILES string of the molecule is Cc1ccc(Br)cc1NC1Cc2ccc(Cl)cc2C1. The molecule has 1 nitrogen and oxygen atoms in total. The third kappa shape index (κ3) is 2.80. The number of hydrogen-bond acceptors (Lipinski definition) is 1. The predicted molar refractivity (Wildman–Crippen MR) is 85.1 cm³/mol. The monoisotopic (exact) mass is 335 g/mol. The number of aryl methyl sites for hydroxylation is 1. The highest BCUT2D eigenvalue weighted by atomic mass is 79.9. The van der Waals surface area contributed by atoms with E-state index in [-0.39, 0.29) is 0 Å². The van der Waals surface area contributed by atoms with Gasteiger partial charge in [-0.2, -0.15) is 0 Å². The number of rotatable bonds is 2. The summed E-state index contributed by atoms with van der Waals surface area (Å²) in [7, 11) is 0. The van der Waals surface area contributed by atoms with E-state index in [0.29, 0.717) is 6.04 Å². The van der Waals surface area contributed by atoms with Crippen LogP contribution in [-0.4, -0.2) is 6.04 Å². The molecular formula is C16H15BrClN. The Morgan fingerprint density at radius 1 is 1.11 bits per heavy atom.